The highest BCUT2D eigenvalue weighted by Crippen LogP contribution is 2.28. The van der Waals surface area contributed by atoms with E-state index in [1.54, 1.807) is 16.2 Å². The number of nitrogens with one attached hydrogen (secondary N) is 1. The molecule has 8 heteroatoms. The monoisotopic (exact) mass is 510 g/mol. The topological polar surface area (TPSA) is 97.6 Å². The van der Waals surface area contributed by atoms with Gasteiger partial charge < -0.3 is 25.5 Å². The average Bonchev–Trinajstić information content (AvgIpc) is 3.42. The lowest BCUT2D eigenvalue weighted by molar-refractivity contribution is -0.136. The molecule has 1 aliphatic carbocycles. The second-order valence-electron chi connectivity index (χ2n) is 9.32. The van der Waals surface area contributed by atoms with Crippen LogP contribution in [0, 0.1) is 24.7 Å². The minimum Gasteiger partial charge on any atom is -0.369 e. The van der Waals surface area contributed by atoms with Gasteiger partial charge in [-0.2, -0.15) is 0 Å². The van der Waals surface area contributed by atoms with Crippen molar-refractivity contribution in [3.05, 3.63) is 41.0 Å². The Morgan fingerprint density at radius 2 is 2.08 bits per heavy atom. The van der Waals surface area contributed by atoms with Crippen LogP contribution >= 0.6 is 11.3 Å². The largest absolute Gasteiger partial charge is 0.369 e. The van der Waals surface area contributed by atoms with Gasteiger partial charge in [-0.1, -0.05) is 36.1 Å². The number of amides is 1. The maximum absolute atomic E-state index is 12.1. The number of nitrogens with zero attached hydrogens (tertiary/aromatic N) is 2. The number of aromatic nitrogens is 1. The molecule has 1 saturated heterocycles. The maximum Gasteiger partial charge on any atom is 0.240 e. The molecule has 36 heavy (non-hydrogen) atoms. The lowest BCUT2D eigenvalue weighted by atomic mass is 10.1. The van der Waals surface area contributed by atoms with Crippen LogP contribution in [0.5, 0.6) is 0 Å². The van der Waals surface area contributed by atoms with Gasteiger partial charge in [0.2, 0.25) is 5.91 Å². The van der Waals surface area contributed by atoms with E-state index in [4.69, 9.17) is 10.5 Å². The molecule has 2 fully saturated rings. The summed E-state index contributed by atoms with van der Waals surface area (Å²) < 4.78 is 5.35. The molecule has 0 bridgehead atoms. The van der Waals surface area contributed by atoms with Crippen LogP contribution in [0.1, 0.15) is 56.3 Å². The molecular weight excluding hydrogens is 472 g/mol. The number of aryl methyl sites for hydroxylation is 1. The van der Waals surface area contributed by atoms with Crippen LogP contribution in [0.3, 0.4) is 0 Å². The number of carbonyl (C=O) groups excluding carboxylic acids is 2. The number of hydrogen-bond acceptors (Lipinski definition) is 7. The smallest absolute Gasteiger partial charge is 0.240 e. The van der Waals surface area contributed by atoms with E-state index >= 15 is 0 Å². The van der Waals surface area contributed by atoms with Crippen LogP contribution < -0.4 is 11.1 Å². The fourth-order valence-electron chi connectivity index (χ4n) is 3.96. The molecule has 7 nitrogen and oxygen atoms in total. The van der Waals surface area contributed by atoms with Gasteiger partial charge in [0.05, 0.1) is 28.2 Å². The first-order chi connectivity index (χ1) is 17.4. The number of hydrogen-bond donors (Lipinski definition) is 2. The number of aldehydes is 1. The summed E-state index contributed by atoms with van der Waals surface area (Å²) in [6, 6.07) is 8.21. The van der Waals surface area contributed by atoms with Crippen molar-refractivity contribution in [2.24, 2.45) is 11.7 Å². The Bertz CT molecular complexity index is 1040. The van der Waals surface area contributed by atoms with Crippen molar-refractivity contribution in [3.63, 3.8) is 0 Å². The van der Waals surface area contributed by atoms with Crippen LogP contribution in [0.4, 0.5) is 0 Å². The maximum atomic E-state index is 12.1. The standard InChI is InChI=1S/C15H22N2O3.C13H16N2S/c16-14(7-10-20-9-2-3-12-5-6-12)15(19)17-8-1-4-13(17)11-18;1-9(14-3)11-4-6-12(7-5-11)13-10(2)15-8-16-13/h11-14H,1,4-10,16H2;4-9,14H,1-3H3. The van der Waals surface area contributed by atoms with Crippen molar-refractivity contribution in [3.8, 4) is 22.3 Å². The third kappa shape index (κ3) is 8.24. The van der Waals surface area contributed by atoms with E-state index < -0.39 is 6.04 Å². The van der Waals surface area contributed by atoms with Gasteiger partial charge in [0, 0.05) is 25.1 Å². The first-order valence-corrected chi connectivity index (χ1v) is 13.6. The molecule has 194 valence electrons. The molecule has 1 saturated carbocycles. The van der Waals surface area contributed by atoms with E-state index in [-0.39, 0.29) is 11.9 Å². The highest BCUT2D eigenvalue weighted by molar-refractivity contribution is 7.13. The van der Waals surface area contributed by atoms with E-state index in [1.165, 1.54) is 28.8 Å². The second kappa shape index (κ2) is 14.2. The molecule has 1 aromatic heterocycles. The minimum absolute atomic E-state index is 0.146. The molecule has 4 rings (SSSR count). The molecule has 3 atom stereocenters. The van der Waals surface area contributed by atoms with E-state index in [9.17, 15) is 9.59 Å². The summed E-state index contributed by atoms with van der Waals surface area (Å²) in [5.74, 6) is 6.51. The van der Waals surface area contributed by atoms with Crippen LogP contribution in [-0.2, 0) is 14.3 Å². The average molecular weight is 511 g/mol. The van der Waals surface area contributed by atoms with E-state index in [1.807, 2.05) is 12.6 Å². The molecule has 1 aliphatic heterocycles. The van der Waals surface area contributed by atoms with Crippen molar-refractivity contribution in [2.75, 3.05) is 26.8 Å². The zero-order valence-corrected chi connectivity index (χ0v) is 22.4. The Hall–Kier alpha value is -2.57. The Morgan fingerprint density at radius 1 is 1.33 bits per heavy atom. The van der Waals surface area contributed by atoms with E-state index in [2.05, 4.69) is 60.3 Å². The third-order valence-electron chi connectivity index (χ3n) is 6.54. The Labute approximate surface area is 218 Å². The van der Waals surface area contributed by atoms with Gasteiger partial charge in [0.1, 0.15) is 12.9 Å². The van der Waals surface area contributed by atoms with Gasteiger partial charge in [0.25, 0.3) is 0 Å². The fourth-order valence-corrected chi connectivity index (χ4v) is 4.77. The number of carbonyl (C=O) groups is 2. The fraction of sp³-hybridized carbons (Fsp3) is 0.536. The molecule has 0 radical (unpaired) electrons. The third-order valence-corrected chi connectivity index (χ3v) is 7.52. The predicted octanol–water partition coefficient (Wildman–Crippen LogP) is 3.72. The van der Waals surface area contributed by atoms with Gasteiger partial charge in [-0.05, 0) is 64.1 Å². The van der Waals surface area contributed by atoms with Crippen molar-refractivity contribution in [2.45, 2.75) is 64.1 Å². The van der Waals surface area contributed by atoms with Gasteiger partial charge in [0.15, 0.2) is 0 Å². The Morgan fingerprint density at radius 3 is 2.69 bits per heavy atom. The SMILES string of the molecule is CNC(C)c1ccc(-c2scnc2C)cc1.NC(CCOCC#CC1CC1)C(=O)N1CCCC1C=O. The molecule has 2 aliphatic rings. The molecule has 0 spiro atoms. The zero-order chi connectivity index (χ0) is 25.9. The van der Waals surface area contributed by atoms with Crippen molar-refractivity contribution < 1.29 is 14.3 Å². The summed E-state index contributed by atoms with van der Waals surface area (Å²) >= 11 is 1.70. The number of rotatable bonds is 9. The van der Waals surface area contributed by atoms with Gasteiger partial charge in [-0.15, -0.1) is 11.3 Å². The number of benzene rings is 1. The molecule has 2 aromatic rings. The Balaban J connectivity index is 0.000000205. The highest BCUT2D eigenvalue weighted by atomic mass is 32.1. The molecular formula is C28H38N4O3S. The number of nitrogens with two attached hydrogens (primary N) is 1. The molecule has 3 N–H and O–H groups in total. The number of likely N-dealkylation sites (tertiary alicyclic amines) is 1. The van der Waals surface area contributed by atoms with Gasteiger partial charge >= 0.3 is 0 Å². The summed E-state index contributed by atoms with van der Waals surface area (Å²) in [5.41, 5.74) is 11.4. The summed E-state index contributed by atoms with van der Waals surface area (Å²) in [5, 5.41) is 3.24. The lowest BCUT2D eigenvalue weighted by Gasteiger charge is -2.23. The van der Waals surface area contributed by atoms with Crippen molar-refractivity contribution in [1.82, 2.24) is 15.2 Å². The van der Waals surface area contributed by atoms with E-state index in [0.717, 1.165) is 24.8 Å². The quantitative estimate of drug-likeness (QED) is 0.303. The van der Waals surface area contributed by atoms with E-state index in [0.29, 0.717) is 38.1 Å². The first-order valence-electron chi connectivity index (χ1n) is 12.7. The van der Waals surface area contributed by atoms with Gasteiger partial charge in [-0.25, -0.2) is 4.98 Å². The number of thiazole rings is 1. The summed E-state index contributed by atoms with van der Waals surface area (Å²) in [7, 11) is 1.98. The molecule has 1 amide bonds. The summed E-state index contributed by atoms with van der Waals surface area (Å²) in [6.07, 6.45) is 5.33. The van der Waals surface area contributed by atoms with Crippen LogP contribution in [0.2, 0.25) is 0 Å². The first kappa shape index (κ1) is 28.0. The summed E-state index contributed by atoms with van der Waals surface area (Å²) in [4.78, 5) is 30.1. The zero-order valence-electron chi connectivity index (χ0n) is 21.5. The minimum atomic E-state index is -0.591. The molecule has 1 aromatic carbocycles. The second-order valence-corrected chi connectivity index (χ2v) is 10.2. The van der Waals surface area contributed by atoms with Gasteiger partial charge in [-0.3, -0.25) is 4.79 Å². The summed E-state index contributed by atoms with van der Waals surface area (Å²) in [6.45, 7) is 5.66. The highest BCUT2D eigenvalue weighted by Gasteiger charge is 2.31. The molecule has 2 heterocycles. The Kier molecular flexibility index (Phi) is 11.1. The molecule has 3 unspecified atom stereocenters. The van der Waals surface area contributed by atoms with Crippen molar-refractivity contribution in [1.29, 1.82) is 0 Å². The van der Waals surface area contributed by atoms with Crippen LogP contribution in [0.25, 0.3) is 10.4 Å². The predicted molar refractivity (Wildman–Crippen MR) is 144 cm³/mol. The lowest BCUT2D eigenvalue weighted by Crippen LogP contribution is -2.46. The van der Waals surface area contributed by atoms with Crippen molar-refractivity contribution >= 4 is 23.5 Å². The number of ether oxygens (including phenoxy) is 1. The van der Waals surface area contributed by atoms with Crippen LogP contribution in [-0.4, -0.2) is 61.0 Å². The van der Waals surface area contributed by atoms with Crippen LogP contribution in [0.15, 0.2) is 29.8 Å². The normalized spacial score (nSPS) is 18.4.